The Balaban J connectivity index is 1.42. The summed E-state index contributed by atoms with van der Waals surface area (Å²) >= 11 is 0. The normalized spacial score (nSPS) is 16.1. The van der Waals surface area contributed by atoms with Gasteiger partial charge in [-0.25, -0.2) is 18.6 Å². The van der Waals surface area contributed by atoms with Crippen LogP contribution in [-0.4, -0.2) is 22.5 Å². The topological polar surface area (TPSA) is 58.4 Å². The van der Waals surface area contributed by atoms with Gasteiger partial charge in [0.1, 0.15) is 11.6 Å². The van der Waals surface area contributed by atoms with Crippen molar-refractivity contribution in [2.45, 2.75) is 25.1 Å². The number of nitrogens with zero attached hydrogens (tertiary/aromatic N) is 2. The average Bonchev–Trinajstić information content (AvgIpc) is 3.47. The molecule has 3 aromatic carbocycles. The number of benzene rings is 3. The lowest BCUT2D eigenvalue weighted by atomic mass is 9.99. The molecule has 1 aromatic heterocycles. The molecule has 5 nitrogen and oxygen atoms in total. The molecule has 0 saturated carbocycles. The Morgan fingerprint density at radius 2 is 1.83 bits per heavy atom. The van der Waals surface area contributed by atoms with Crippen molar-refractivity contribution in [3.05, 3.63) is 83.8 Å². The predicted molar refractivity (Wildman–Crippen MR) is 119 cm³/mol. The first kappa shape index (κ1) is 22.8. The maximum absolute atomic E-state index is 13.5. The van der Waals surface area contributed by atoms with E-state index in [2.05, 4.69) is 10.3 Å². The minimum absolute atomic E-state index is 0.0276. The van der Waals surface area contributed by atoms with Crippen LogP contribution in [0.25, 0.3) is 22.2 Å². The molecule has 1 atom stereocenters. The van der Waals surface area contributed by atoms with Gasteiger partial charge in [0.2, 0.25) is 5.89 Å². The highest BCUT2D eigenvalue weighted by atomic mass is 19.4. The molecule has 0 aliphatic carbocycles. The Morgan fingerprint density at radius 1 is 1.03 bits per heavy atom. The monoisotopic (exact) mass is 487 g/mol. The number of rotatable bonds is 3. The Hall–Kier alpha value is -3.95. The van der Waals surface area contributed by atoms with E-state index in [1.165, 1.54) is 41.3 Å². The fourth-order valence-corrected chi connectivity index (χ4v) is 4.27. The summed E-state index contributed by atoms with van der Waals surface area (Å²) in [7, 11) is 0. The largest absolute Gasteiger partial charge is 0.438 e. The first-order chi connectivity index (χ1) is 16.7. The van der Waals surface area contributed by atoms with Crippen LogP contribution < -0.4 is 5.32 Å². The molecule has 5 rings (SSSR count). The van der Waals surface area contributed by atoms with Gasteiger partial charge in [0.15, 0.2) is 17.2 Å². The molecule has 1 aliphatic heterocycles. The van der Waals surface area contributed by atoms with Gasteiger partial charge in [-0.15, -0.1) is 0 Å². The zero-order chi connectivity index (χ0) is 24.7. The quantitative estimate of drug-likeness (QED) is 0.312. The van der Waals surface area contributed by atoms with Crippen molar-refractivity contribution in [2.75, 3.05) is 11.9 Å². The van der Waals surface area contributed by atoms with Gasteiger partial charge in [0.25, 0.3) is 0 Å². The number of alkyl halides is 3. The van der Waals surface area contributed by atoms with Crippen LogP contribution in [-0.2, 0) is 6.18 Å². The van der Waals surface area contributed by atoms with Gasteiger partial charge in [-0.3, -0.25) is 0 Å². The summed E-state index contributed by atoms with van der Waals surface area (Å²) in [5, 5.41) is 2.54. The molecule has 0 radical (unpaired) electrons. The number of halogens is 5. The molecule has 1 aliphatic rings. The zero-order valence-electron chi connectivity index (χ0n) is 18.1. The Bertz CT molecular complexity index is 1420. The first-order valence-electron chi connectivity index (χ1n) is 10.8. The highest BCUT2D eigenvalue weighted by molar-refractivity contribution is 5.90. The molecule has 10 heteroatoms. The van der Waals surface area contributed by atoms with Gasteiger partial charge in [-0.2, -0.15) is 13.2 Å². The molecule has 1 fully saturated rings. The lowest BCUT2D eigenvalue weighted by Gasteiger charge is -2.22. The van der Waals surface area contributed by atoms with E-state index in [1.54, 1.807) is 6.07 Å². The van der Waals surface area contributed by atoms with Crippen LogP contribution in [0.3, 0.4) is 0 Å². The van der Waals surface area contributed by atoms with Gasteiger partial charge < -0.3 is 14.6 Å². The van der Waals surface area contributed by atoms with Gasteiger partial charge in [-0.05, 0) is 54.3 Å². The van der Waals surface area contributed by atoms with Crippen molar-refractivity contribution in [1.82, 2.24) is 9.88 Å². The maximum atomic E-state index is 13.5. The second kappa shape index (κ2) is 8.68. The van der Waals surface area contributed by atoms with E-state index in [4.69, 9.17) is 4.42 Å². The van der Waals surface area contributed by atoms with E-state index in [-0.39, 0.29) is 17.1 Å². The standard InChI is InChI=1S/C25H18F5N3O2/c26-18-9-8-15(13-19(18)27)31-24(34)33-11-3-6-21(33)23-32-20-12-14(7-10-22(20)35-23)16-4-1-2-5-17(16)25(28,29)30/h1-2,4-5,7-10,12-13,21H,3,6,11H2,(H,31,34)/t21-/m0/s1. The van der Waals surface area contributed by atoms with E-state index >= 15 is 0 Å². The Labute approximate surface area is 196 Å². The number of urea groups is 1. The lowest BCUT2D eigenvalue weighted by molar-refractivity contribution is -0.137. The SMILES string of the molecule is O=C(Nc1ccc(F)c(F)c1)N1CCC[C@H]1c1nc2cc(-c3ccccc3C(F)(F)F)ccc2o1. The fraction of sp³-hybridized carbons (Fsp3) is 0.200. The molecular weight excluding hydrogens is 469 g/mol. The second-order valence-corrected chi connectivity index (χ2v) is 8.19. The highest BCUT2D eigenvalue weighted by Crippen LogP contribution is 2.39. The zero-order valence-corrected chi connectivity index (χ0v) is 18.1. The van der Waals surface area contributed by atoms with E-state index < -0.39 is 35.4 Å². The summed E-state index contributed by atoms with van der Waals surface area (Å²) in [6.45, 7) is 0.392. The van der Waals surface area contributed by atoms with Crippen molar-refractivity contribution in [2.24, 2.45) is 0 Å². The molecule has 0 bridgehead atoms. The molecular formula is C25H18F5N3O2. The van der Waals surface area contributed by atoms with Crippen LogP contribution in [0.15, 0.2) is 65.1 Å². The number of hydrogen-bond acceptors (Lipinski definition) is 3. The summed E-state index contributed by atoms with van der Waals surface area (Å²) in [6.07, 6.45) is -3.29. The summed E-state index contributed by atoms with van der Waals surface area (Å²) in [4.78, 5) is 18.7. The average molecular weight is 487 g/mol. The predicted octanol–water partition coefficient (Wildman–Crippen LogP) is 7.16. The van der Waals surface area contributed by atoms with Gasteiger partial charge in [-0.1, -0.05) is 24.3 Å². The molecule has 0 spiro atoms. The van der Waals surface area contributed by atoms with Crippen molar-refractivity contribution in [3.63, 3.8) is 0 Å². The third-order valence-corrected chi connectivity index (χ3v) is 5.92. The number of carbonyl (C=O) groups excluding carboxylic acids is 1. The molecule has 1 N–H and O–H groups in total. The second-order valence-electron chi connectivity index (χ2n) is 8.19. The van der Waals surface area contributed by atoms with Crippen LogP contribution in [0.1, 0.15) is 30.3 Å². The Morgan fingerprint density at radius 3 is 2.60 bits per heavy atom. The van der Waals surface area contributed by atoms with Gasteiger partial charge in [0, 0.05) is 18.3 Å². The fourth-order valence-electron chi connectivity index (χ4n) is 4.27. The maximum Gasteiger partial charge on any atom is 0.417 e. The molecule has 2 amide bonds. The molecule has 35 heavy (non-hydrogen) atoms. The molecule has 1 saturated heterocycles. The minimum Gasteiger partial charge on any atom is -0.438 e. The third-order valence-electron chi connectivity index (χ3n) is 5.92. The number of amides is 2. The minimum atomic E-state index is -4.51. The number of carbonyl (C=O) groups is 1. The number of oxazole rings is 1. The summed E-state index contributed by atoms with van der Waals surface area (Å²) in [5.41, 5.74) is 0.456. The number of nitrogens with one attached hydrogen (secondary N) is 1. The van der Waals surface area contributed by atoms with Crippen LogP contribution in [0.4, 0.5) is 32.4 Å². The molecule has 4 aromatic rings. The lowest BCUT2D eigenvalue weighted by Crippen LogP contribution is -2.34. The van der Waals surface area contributed by atoms with Crippen molar-refractivity contribution in [3.8, 4) is 11.1 Å². The van der Waals surface area contributed by atoms with Gasteiger partial charge >= 0.3 is 12.2 Å². The van der Waals surface area contributed by atoms with Crippen LogP contribution >= 0.6 is 0 Å². The number of anilines is 1. The van der Waals surface area contributed by atoms with Crippen LogP contribution in [0.5, 0.6) is 0 Å². The summed E-state index contributed by atoms with van der Waals surface area (Å²) in [6, 6.07) is 11.9. The van der Waals surface area contributed by atoms with Gasteiger partial charge in [0.05, 0.1) is 5.56 Å². The summed E-state index contributed by atoms with van der Waals surface area (Å²) in [5.74, 6) is -1.85. The van der Waals surface area contributed by atoms with E-state index in [0.29, 0.717) is 36.0 Å². The number of hydrogen-bond donors (Lipinski definition) is 1. The van der Waals surface area contributed by atoms with E-state index in [1.807, 2.05) is 0 Å². The number of likely N-dealkylation sites (tertiary alicyclic amines) is 1. The number of aromatic nitrogens is 1. The van der Waals surface area contributed by atoms with Crippen LogP contribution in [0.2, 0.25) is 0 Å². The van der Waals surface area contributed by atoms with Crippen molar-refractivity contribution < 1.29 is 31.2 Å². The Kier molecular flexibility index (Phi) is 5.66. The third kappa shape index (κ3) is 4.43. The molecule has 0 unspecified atom stereocenters. The first-order valence-corrected chi connectivity index (χ1v) is 10.8. The van der Waals surface area contributed by atoms with Crippen LogP contribution in [0, 0.1) is 11.6 Å². The molecule has 180 valence electrons. The highest BCUT2D eigenvalue weighted by Gasteiger charge is 2.35. The molecule has 2 heterocycles. The summed E-state index contributed by atoms with van der Waals surface area (Å²) < 4.78 is 72.9. The van der Waals surface area contributed by atoms with Crippen molar-refractivity contribution >= 4 is 22.8 Å². The number of fused-ring (bicyclic) bond motifs is 1. The van der Waals surface area contributed by atoms with Crippen molar-refractivity contribution in [1.29, 1.82) is 0 Å². The smallest absolute Gasteiger partial charge is 0.417 e. The van der Waals surface area contributed by atoms with E-state index in [0.717, 1.165) is 18.2 Å². The van der Waals surface area contributed by atoms with E-state index in [9.17, 15) is 26.7 Å².